The molecule has 13 heavy (non-hydrogen) atoms. The molecule has 0 radical (unpaired) electrons. The van der Waals surface area contributed by atoms with E-state index < -0.39 is 11.9 Å². The van der Waals surface area contributed by atoms with Crippen molar-refractivity contribution in [3.05, 3.63) is 0 Å². The number of hydrogen-bond acceptors (Lipinski definition) is 3. The van der Waals surface area contributed by atoms with Crippen LogP contribution in [0.15, 0.2) is 0 Å². The van der Waals surface area contributed by atoms with Gasteiger partial charge < -0.3 is 14.6 Å². The van der Waals surface area contributed by atoms with E-state index in [2.05, 4.69) is 0 Å². The van der Waals surface area contributed by atoms with Crippen molar-refractivity contribution in [3.8, 4) is 0 Å². The van der Waals surface area contributed by atoms with Gasteiger partial charge in [-0.25, -0.2) is 0 Å². The van der Waals surface area contributed by atoms with E-state index in [0.717, 1.165) is 19.4 Å². The SMILES string of the molecule is O=CCC(CC1CCCO1)C(=O)O. The van der Waals surface area contributed by atoms with Crippen LogP contribution in [0.2, 0.25) is 0 Å². The molecular formula is C9H14O4. The predicted molar refractivity (Wildman–Crippen MR) is 45.4 cm³/mol. The highest BCUT2D eigenvalue weighted by Crippen LogP contribution is 2.21. The van der Waals surface area contributed by atoms with Gasteiger partial charge in [-0.1, -0.05) is 0 Å². The third-order valence-electron chi connectivity index (χ3n) is 2.30. The van der Waals surface area contributed by atoms with E-state index in [1.165, 1.54) is 0 Å². The number of carbonyl (C=O) groups is 2. The lowest BCUT2D eigenvalue weighted by Gasteiger charge is -2.13. The topological polar surface area (TPSA) is 63.6 Å². The van der Waals surface area contributed by atoms with Crippen LogP contribution in [0.25, 0.3) is 0 Å². The molecule has 4 heteroatoms. The quantitative estimate of drug-likeness (QED) is 0.646. The summed E-state index contributed by atoms with van der Waals surface area (Å²) in [6.07, 6.45) is 3.18. The van der Waals surface area contributed by atoms with Gasteiger partial charge in [0.2, 0.25) is 0 Å². The molecule has 0 bridgehead atoms. The Morgan fingerprint density at radius 3 is 2.92 bits per heavy atom. The Kier molecular flexibility index (Phi) is 3.89. The standard InChI is InChI=1S/C9H14O4/c10-4-3-7(9(11)12)6-8-2-1-5-13-8/h4,7-8H,1-3,5-6H2,(H,11,12). The monoisotopic (exact) mass is 186 g/mol. The van der Waals surface area contributed by atoms with Gasteiger partial charge in [-0.15, -0.1) is 0 Å². The normalized spacial score (nSPS) is 24.2. The second kappa shape index (κ2) is 4.97. The lowest BCUT2D eigenvalue weighted by molar-refractivity contribution is -0.144. The summed E-state index contributed by atoms with van der Waals surface area (Å²) in [4.78, 5) is 20.9. The van der Waals surface area contributed by atoms with Crippen LogP contribution in [0, 0.1) is 5.92 Å². The lowest BCUT2D eigenvalue weighted by Crippen LogP contribution is -2.20. The van der Waals surface area contributed by atoms with Crippen molar-refractivity contribution in [2.45, 2.75) is 31.8 Å². The minimum atomic E-state index is -0.900. The lowest BCUT2D eigenvalue weighted by atomic mass is 9.97. The van der Waals surface area contributed by atoms with Gasteiger partial charge in [-0.05, 0) is 19.3 Å². The van der Waals surface area contributed by atoms with Crippen LogP contribution >= 0.6 is 0 Å². The Balaban J connectivity index is 2.36. The largest absolute Gasteiger partial charge is 0.481 e. The van der Waals surface area contributed by atoms with Crippen molar-refractivity contribution in [2.75, 3.05) is 6.61 Å². The third-order valence-corrected chi connectivity index (χ3v) is 2.30. The van der Waals surface area contributed by atoms with Gasteiger partial charge in [0, 0.05) is 13.0 Å². The zero-order chi connectivity index (χ0) is 9.68. The fraction of sp³-hybridized carbons (Fsp3) is 0.778. The zero-order valence-electron chi connectivity index (χ0n) is 7.44. The summed E-state index contributed by atoms with van der Waals surface area (Å²) in [5.41, 5.74) is 0. The number of carboxylic acids is 1. The van der Waals surface area contributed by atoms with Crippen LogP contribution in [0.4, 0.5) is 0 Å². The maximum absolute atomic E-state index is 10.7. The molecule has 1 N–H and O–H groups in total. The Labute approximate surface area is 76.9 Å². The Morgan fingerprint density at radius 1 is 1.69 bits per heavy atom. The van der Waals surface area contributed by atoms with Gasteiger partial charge in [0.05, 0.1) is 12.0 Å². The highest BCUT2D eigenvalue weighted by molar-refractivity contribution is 5.73. The first-order valence-electron chi connectivity index (χ1n) is 4.52. The fourth-order valence-corrected chi connectivity index (χ4v) is 1.56. The molecule has 1 aliphatic heterocycles. The highest BCUT2D eigenvalue weighted by Gasteiger charge is 2.24. The highest BCUT2D eigenvalue weighted by atomic mass is 16.5. The number of hydrogen-bond donors (Lipinski definition) is 1. The van der Waals surface area contributed by atoms with E-state index in [9.17, 15) is 9.59 Å². The summed E-state index contributed by atoms with van der Waals surface area (Å²) < 4.78 is 5.30. The van der Waals surface area contributed by atoms with Crippen molar-refractivity contribution >= 4 is 12.3 Å². The summed E-state index contributed by atoms with van der Waals surface area (Å²) in [5, 5.41) is 8.75. The van der Waals surface area contributed by atoms with E-state index in [-0.39, 0.29) is 12.5 Å². The number of ether oxygens (including phenoxy) is 1. The van der Waals surface area contributed by atoms with Gasteiger partial charge in [0.1, 0.15) is 6.29 Å². The summed E-state index contributed by atoms with van der Waals surface area (Å²) in [5.74, 6) is -1.47. The molecule has 0 saturated carbocycles. The molecule has 2 unspecified atom stereocenters. The maximum Gasteiger partial charge on any atom is 0.307 e. The van der Waals surface area contributed by atoms with Gasteiger partial charge in [-0.2, -0.15) is 0 Å². The number of aldehydes is 1. The van der Waals surface area contributed by atoms with E-state index in [4.69, 9.17) is 9.84 Å². The molecule has 0 aliphatic carbocycles. The van der Waals surface area contributed by atoms with E-state index >= 15 is 0 Å². The van der Waals surface area contributed by atoms with Crippen LogP contribution in [-0.4, -0.2) is 30.1 Å². The minimum absolute atomic E-state index is 0.0426. The van der Waals surface area contributed by atoms with Gasteiger partial charge in [-0.3, -0.25) is 4.79 Å². The molecule has 4 nitrogen and oxygen atoms in total. The summed E-state index contributed by atoms with van der Waals surface area (Å²) in [7, 11) is 0. The molecule has 0 aromatic carbocycles. The fourth-order valence-electron chi connectivity index (χ4n) is 1.56. The first kappa shape index (κ1) is 10.2. The second-order valence-electron chi connectivity index (χ2n) is 3.31. The van der Waals surface area contributed by atoms with Crippen molar-refractivity contribution in [2.24, 2.45) is 5.92 Å². The molecule has 1 fully saturated rings. The number of carbonyl (C=O) groups excluding carboxylic acids is 1. The zero-order valence-corrected chi connectivity index (χ0v) is 7.44. The number of aliphatic carboxylic acids is 1. The van der Waals surface area contributed by atoms with E-state index in [0.29, 0.717) is 12.7 Å². The number of rotatable bonds is 5. The van der Waals surface area contributed by atoms with E-state index in [1.807, 2.05) is 0 Å². The van der Waals surface area contributed by atoms with Crippen molar-refractivity contribution in [3.63, 3.8) is 0 Å². The first-order valence-corrected chi connectivity index (χ1v) is 4.52. The van der Waals surface area contributed by atoms with Gasteiger partial charge in [0.25, 0.3) is 0 Å². The molecular weight excluding hydrogens is 172 g/mol. The summed E-state index contributed by atoms with van der Waals surface area (Å²) >= 11 is 0. The first-order chi connectivity index (χ1) is 6.24. The van der Waals surface area contributed by atoms with Crippen molar-refractivity contribution in [1.29, 1.82) is 0 Å². The molecule has 0 aromatic heterocycles. The average molecular weight is 186 g/mol. The summed E-state index contributed by atoms with van der Waals surface area (Å²) in [6.45, 7) is 0.720. The Bertz CT molecular complexity index is 184. The molecule has 2 atom stereocenters. The molecule has 0 spiro atoms. The minimum Gasteiger partial charge on any atom is -0.481 e. The molecule has 1 rings (SSSR count). The molecule has 0 aromatic rings. The molecule has 1 heterocycles. The Morgan fingerprint density at radius 2 is 2.46 bits per heavy atom. The van der Waals surface area contributed by atoms with Crippen LogP contribution < -0.4 is 0 Å². The van der Waals surface area contributed by atoms with Crippen LogP contribution in [0.5, 0.6) is 0 Å². The Hall–Kier alpha value is -0.900. The van der Waals surface area contributed by atoms with Crippen LogP contribution in [0.1, 0.15) is 25.7 Å². The molecule has 74 valence electrons. The molecule has 1 saturated heterocycles. The smallest absolute Gasteiger partial charge is 0.307 e. The van der Waals surface area contributed by atoms with E-state index in [1.54, 1.807) is 0 Å². The average Bonchev–Trinajstić information content (AvgIpc) is 2.56. The van der Waals surface area contributed by atoms with Crippen molar-refractivity contribution < 1.29 is 19.4 Å². The van der Waals surface area contributed by atoms with Crippen LogP contribution in [0.3, 0.4) is 0 Å². The third kappa shape index (κ3) is 3.14. The maximum atomic E-state index is 10.7. The van der Waals surface area contributed by atoms with Crippen LogP contribution in [-0.2, 0) is 14.3 Å². The van der Waals surface area contributed by atoms with Gasteiger partial charge >= 0.3 is 5.97 Å². The van der Waals surface area contributed by atoms with Gasteiger partial charge in [0.15, 0.2) is 0 Å². The van der Waals surface area contributed by atoms with Crippen molar-refractivity contribution in [1.82, 2.24) is 0 Å². The second-order valence-corrected chi connectivity index (χ2v) is 3.31. The molecule has 0 amide bonds. The number of carboxylic acid groups (broad SMARTS) is 1. The predicted octanol–water partition coefficient (Wildman–Crippen LogP) is 0.845. The summed E-state index contributed by atoms with van der Waals surface area (Å²) in [6, 6.07) is 0. The molecule has 1 aliphatic rings.